The third-order valence-electron chi connectivity index (χ3n) is 6.36. The zero-order valence-electron chi connectivity index (χ0n) is 18.1. The average Bonchev–Trinajstić information content (AvgIpc) is 2.81. The lowest BCUT2D eigenvalue weighted by Crippen LogP contribution is -2.41. The summed E-state index contributed by atoms with van der Waals surface area (Å²) in [5, 5.41) is 5.39. The van der Waals surface area contributed by atoms with Crippen LogP contribution in [0.25, 0.3) is 10.8 Å². The molecule has 0 aliphatic carbocycles. The number of halogens is 1. The molecule has 4 nitrogen and oxygen atoms in total. The Morgan fingerprint density at radius 1 is 1.13 bits per heavy atom. The number of carbonyl (C=O) groups excluding carboxylic acids is 1. The lowest BCUT2D eigenvalue weighted by Gasteiger charge is -2.36. The van der Waals surface area contributed by atoms with Crippen molar-refractivity contribution in [3.05, 3.63) is 77.6 Å². The van der Waals surface area contributed by atoms with E-state index >= 15 is 0 Å². The number of nitrogens with one attached hydrogen (secondary N) is 1. The average molecular weight is 421 g/mol. The summed E-state index contributed by atoms with van der Waals surface area (Å²) in [6.07, 6.45) is 1.64. The highest BCUT2D eigenvalue weighted by Gasteiger charge is 2.28. The van der Waals surface area contributed by atoms with E-state index in [0.717, 1.165) is 37.2 Å². The van der Waals surface area contributed by atoms with Crippen LogP contribution in [0.2, 0.25) is 0 Å². The van der Waals surface area contributed by atoms with E-state index in [9.17, 15) is 9.18 Å². The minimum Gasteiger partial charge on any atom is -0.497 e. The van der Waals surface area contributed by atoms with E-state index in [-0.39, 0.29) is 23.7 Å². The Morgan fingerprint density at radius 3 is 2.65 bits per heavy atom. The van der Waals surface area contributed by atoms with Gasteiger partial charge in [0, 0.05) is 18.5 Å². The van der Waals surface area contributed by atoms with Crippen LogP contribution < -0.4 is 10.1 Å². The van der Waals surface area contributed by atoms with E-state index in [2.05, 4.69) is 47.5 Å². The number of hydrogen-bond acceptors (Lipinski definition) is 3. The molecule has 1 fully saturated rings. The molecule has 1 aliphatic rings. The van der Waals surface area contributed by atoms with Crippen molar-refractivity contribution in [3.63, 3.8) is 0 Å². The van der Waals surface area contributed by atoms with E-state index in [1.807, 2.05) is 12.1 Å². The molecule has 1 N–H and O–H groups in total. The Labute approximate surface area is 183 Å². The van der Waals surface area contributed by atoms with Crippen LogP contribution in [0.4, 0.5) is 4.39 Å². The second-order valence-electron chi connectivity index (χ2n) is 8.27. The second kappa shape index (κ2) is 9.48. The molecule has 5 heteroatoms. The summed E-state index contributed by atoms with van der Waals surface area (Å²) < 4.78 is 18.8. The van der Waals surface area contributed by atoms with Crippen LogP contribution in [0.5, 0.6) is 5.75 Å². The summed E-state index contributed by atoms with van der Waals surface area (Å²) in [5.41, 5.74) is 2.04. The van der Waals surface area contributed by atoms with Gasteiger partial charge in [0.15, 0.2) is 0 Å². The van der Waals surface area contributed by atoms with E-state index in [1.54, 1.807) is 13.2 Å². The predicted molar refractivity (Wildman–Crippen MR) is 121 cm³/mol. The Balaban J connectivity index is 1.38. The van der Waals surface area contributed by atoms with Gasteiger partial charge in [-0.2, -0.15) is 0 Å². The molecule has 162 valence electrons. The van der Waals surface area contributed by atoms with Gasteiger partial charge in [-0.1, -0.05) is 36.4 Å². The lowest BCUT2D eigenvalue weighted by molar-refractivity contribution is -0.126. The van der Waals surface area contributed by atoms with Crippen LogP contribution in [-0.4, -0.2) is 31.0 Å². The number of likely N-dealkylation sites (tertiary alicyclic amines) is 1. The molecule has 3 aromatic rings. The summed E-state index contributed by atoms with van der Waals surface area (Å²) in [4.78, 5) is 15.1. The molecule has 31 heavy (non-hydrogen) atoms. The van der Waals surface area contributed by atoms with Crippen molar-refractivity contribution in [2.75, 3.05) is 20.2 Å². The van der Waals surface area contributed by atoms with Gasteiger partial charge in [0.2, 0.25) is 5.91 Å². The normalized spacial score (nSPS) is 16.2. The number of hydrogen-bond donors (Lipinski definition) is 1. The molecule has 0 aromatic heterocycles. The summed E-state index contributed by atoms with van der Waals surface area (Å²) >= 11 is 0. The number of benzene rings is 3. The maximum atomic E-state index is 13.3. The molecule has 3 aromatic carbocycles. The van der Waals surface area contributed by atoms with Gasteiger partial charge in [-0.25, -0.2) is 4.39 Å². The van der Waals surface area contributed by atoms with Crippen LogP contribution in [0, 0.1) is 11.7 Å². The van der Waals surface area contributed by atoms with Gasteiger partial charge in [-0.05, 0) is 79.0 Å². The largest absolute Gasteiger partial charge is 0.497 e. The van der Waals surface area contributed by atoms with Gasteiger partial charge >= 0.3 is 0 Å². The van der Waals surface area contributed by atoms with Crippen LogP contribution in [0.3, 0.4) is 0 Å². The Kier molecular flexibility index (Phi) is 6.52. The van der Waals surface area contributed by atoms with Crippen molar-refractivity contribution in [2.45, 2.75) is 32.4 Å². The van der Waals surface area contributed by atoms with Gasteiger partial charge < -0.3 is 10.1 Å². The Bertz CT molecular complexity index is 1060. The Morgan fingerprint density at radius 2 is 1.90 bits per heavy atom. The maximum absolute atomic E-state index is 13.3. The lowest BCUT2D eigenvalue weighted by atomic mass is 9.92. The first-order valence-electron chi connectivity index (χ1n) is 10.9. The zero-order valence-corrected chi connectivity index (χ0v) is 18.1. The van der Waals surface area contributed by atoms with Crippen LogP contribution in [-0.2, 0) is 11.3 Å². The fourth-order valence-electron chi connectivity index (χ4n) is 4.50. The number of ether oxygens (including phenoxy) is 1. The van der Waals surface area contributed by atoms with Crippen molar-refractivity contribution in [3.8, 4) is 5.75 Å². The number of amides is 1. The van der Waals surface area contributed by atoms with E-state index < -0.39 is 0 Å². The fraction of sp³-hybridized carbons (Fsp3) is 0.346. The molecule has 1 atom stereocenters. The minimum atomic E-state index is -0.279. The van der Waals surface area contributed by atoms with Gasteiger partial charge in [0.1, 0.15) is 11.6 Å². The van der Waals surface area contributed by atoms with Crippen LogP contribution in [0.15, 0.2) is 60.7 Å². The maximum Gasteiger partial charge on any atom is 0.223 e. The van der Waals surface area contributed by atoms with Gasteiger partial charge in [-0.3, -0.25) is 9.69 Å². The standard InChI is InChI=1S/C26H29FN2O2/c1-18(25-16-23(31-2)15-21-7-3-4-9-24(21)25)29-12-10-20(11-13-29)26(30)28-17-19-6-5-8-22(27)14-19/h3-9,14-16,18,20H,10-13,17H2,1-2H3,(H,28,30)/t18-/m1/s1. The molecule has 0 bridgehead atoms. The molecule has 0 radical (unpaired) electrons. The zero-order chi connectivity index (χ0) is 21.8. The smallest absolute Gasteiger partial charge is 0.223 e. The third kappa shape index (κ3) is 4.88. The van der Waals surface area contributed by atoms with Crippen molar-refractivity contribution in [2.24, 2.45) is 5.92 Å². The summed E-state index contributed by atoms with van der Waals surface area (Å²) in [6, 6.07) is 19.2. The van der Waals surface area contributed by atoms with E-state index in [0.29, 0.717) is 6.54 Å². The second-order valence-corrected chi connectivity index (χ2v) is 8.27. The monoisotopic (exact) mass is 420 g/mol. The van der Waals surface area contributed by atoms with Crippen molar-refractivity contribution >= 4 is 16.7 Å². The number of carbonyl (C=O) groups is 1. The quantitative estimate of drug-likeness (QED) is 0.605. The first-order chi connectivity index (χ1) is 15.0. The highest BCUT2D eigenvalue weighted by Crippen LogP contribution is 2.34. The van der Waals surface area contributed by atoms with Crippen LogP contribution in [0.1, 0.15) is 36.9 Å². The van der Waals surface area contributed by atoms with Crippen molar-refractivity contribution < 1.29 is 13.9 Å². The van der Waals surface area contributed by atoms with E-state index in [4.69, 9.17) is 4.74 Å². The Hall–Kier alpha value is -2.92. The highest BCUT2D eigenvalue weighted by atomic mass is 19.1. The summed E-state index contributed by atoms with van der Waals surface area (Å²) in [6.45, 7) is 4.32. The molecule has 0 spiro atoms. The number of nitrogens with zero attached hydrogens (tertiary/aromatic N) is 1. The number of fused-ring (bicyclic) bond motifs is 1. The summed E-state index contributed by atoms with van der Waals surface area (Å²) in [5.74, 6) is 0.647. The molecule has 4 rings (SSSR count). The van der Waals surface area contributed by atoms with Crippen molar-refractivity contribution in [1.29, 1.82) is 0 Å². The molecular formula is C26H29FN2O2. The molecule has 0 saturated carbocycles. The molecule has 1 heterocycles. The fourth-order valence-corrected chi connectivity index (χ4v) is 4.50. The number of rotatable bonds is 6. The highest BCUT2D eigenvalue weighted by molar-refractivity contribution is 5.87. The van der Waals surface area contributed by atoms with Crippen LogP contribution >= 0.6 is 0 Å². The first kappa shape index (κ1) is 21.3. The number of methoxy groups -OCH3 is 1. The first-order valence-corrected chi connectivity index (χ1v) is 10.9. The molecule has 1 amide bonds. The topological polar surface area (TPSA) is 41.6 Å². The predicted octanol–water partition coefficient (Wildman–Crippen LogP) is 5.08. The molecular weight excluding hydrogens is 391 g/mol. The minimum absolute atomic E-state index is 0.000868. The third-order valence-corrected chi connectivity index (χ3v) is 6.36. The van der Waals surface area contributed by atoms with Crippen molar-refractivity contribution in [1.82, 2.24) is 10.2 Å². The van der Waals surface area contributed by atoms with E-state index in [1.165, 1.54) is 28.5 Å². The SMILES string of the molecule is COc1cc([C@@H](C)N2CCC(C(=O)NCc3cccc(F)c3)CC2)c2ccccc2c1. The number of piperidine rings is 1. The van der Waals surface area contributed by atoms with Gasteiger partial charge in [0.05, 0.1) is 7.11 Å². The van der Waals surface area contributed by atoms with Gasteiger partial charge in [-0.15, -0.1) is 0 Å². The van der Waals surface area contributed by atoms with Gasteiger partial charge in [0.25, 0.3) is 0 Å². The molecule has 1 aliphatic heterocycles. The molecule has 1 saturated heterocycles. The summed E-state index contributed by atoms with van der Waals surface area (Å²) in [7, 11) is 1.70. The molecule has 0 unspecified atom stereocenters.